The quantitative estimate of drug-likeness (QED) is 0.621. The number of halogens is 2. The second-order valence-electron chi connectivity index (χ2n) is 2.73. The first-order chi connectivity index (χ1) is 7.13. The van der Waals surface area contributed by atoms with E-state index in [1.165, 1.54) is 13.2 Å². The molecule has 0 heterocycles. The lowest BCUT2D eigenvalue weighted by atomic mass is 10.1. The van der Waals surface area contributed by atoms with E-state index in [-0.39, 0.29) is 5.88 Å². The van der Waals surface area contributed by atoms with E-state index in [4.69, 9.17) is 16.9 Å². The van der Waals surface area contributed by atoms with Gasteiger partial charge < -0.3 is 4.74 Å². The average Bonchev–Trinajstić information content (AvgIpc) is 2.27. The summed E-state index contributed by atoms with van der Waals surface area (Å²) in [6, 6.07) is 5.10. The molecule has 0 fully saturated rings. The Hall–Kier alpha value is -1.05. The van der Waals surface area contributed by atoms with Gasteiger partial charge in [0.2, 0.25) is 0 Å². The van der Waals surface area contributed by atoms with Gasteiger partial charge in [0.05, 0.1) is 24.3 Å². The molecule has 0 N–H and O–H groups in total. The van der Waals surface area contributed by atoms with E-state index < -0.39 is 5.97 Å². The summed E-state index contributed by atoms with van der Waals surface area (Å²) in [4.78, 5) is 11.3. The Kier molecular flexibility index (Phi) is 4.13. The van der Waals surface area contributed by atoms with E-state index in [0.29, 0.717) is 21.2 Å². The van der Waals surface area contributed by atoms with Gasteiger partial charge in [0, 0.05) is 10.4 Å². The fourth-order valence-electron chi connectivity index (χ4n) is 1.10. The summed E-state index contributed by atoms with van der Waals surface area (Å²) in [5.74, 6) is -0.261. The fourth-order valence-corrected chi connectivity index (χ4v) is 1.87. The van der Waals surface area contributed by atoms with Crippen molar-refractivity contribution in [1.82, 2.24) is 0 Å². The monoisotopic (exact) mass is 287 g/mol. The molecule has 3 nitrogen and oxygen atoms in total. The van der Waals surface area contributed by atoms with Crippen LogP contribution in [0.3, 0.4) is 0 Å². The molecular weight excluding hydrogens is 281 g/mol. The van der Waals surface area contributed by atoms with Gasteiger partial charge in [-0.3, -0.25) is 0 Å². The first kappa shape index (κ1) is 12.0. The van der Waals surface area contributed by atoms with E-state index in [2.05, 4.69) is 20.7 Å². The molecule has 0 radical (unpaired) electrons. The van der Waals surface area contributed by atoms with Crippen LogP contribution in [0.4, 0.5) is 0 Å². The van der Waals surface area contributed by atoms with Gasteiger partial charge in [-0.2, -0.15) is 5.26 Å². The molecule has 0 spiro atoms. The molecule has 0 atom stereocenters. The Morgan fingerprint density at radius 2 is 2.33 bits per heavy atom. The van der Waals surface area contributed by atoms with Gasteiger partial charge in [0.1, 0.15) is 0 Å². The molecule has 0 aliphatic heterocycles. The lowest BCUT2D eigenvalue weighted by Crippen LogP contribution is -2.04. The smallest absolute Gasteiger partial charge is 0.339 e. The number of ether oxygens (including phenoxy) is 1. The predicted molar refractivity (Wildman–Crippen MR) is 59.8 cm³/mol. The minimum absolute atomic E-state index is 0.225. The number of esters is 1. The predicted octanol–water partition coefficient (Wildman–Crippen LogP) is 2.85. The normalized spacial score (nSPS) is 9.47. The van der Waals surface area contributed by atoms with Gasteiger partial charge in [0.15, 0.2) is 0 Å². The standard InChI is InChI=1S/C10H7BrClNO2/c1-15-10(14)8-2-7(5-13)6(4-12)3-9(8)11/h2-3H,4H2,1H3. The van der Waals surface area contributed by atoms with Crippen molar-refractivity contribution in [2.75, 3.05) is 7.11 Å². The highest BCUT2D eigenvalue weighted by Crippen LogP contribution is 2.23. The largest absolute Gasteiger partial charge is 0.465 e. The second-order valence-corrected chi connectivity index (χ2v) is 3.85. The summed E-state index contributed by atoms with van der Waals surface area (Å²) < 4.78 is 5.15. The Labute approximate surface area is 101 Å². The molecule has 0 aliphatic carbocycles. The molecule has 0 saturated heterocycles. The molecule has 78 valence electrons. The third kappa shape index (κ3) is 2.49. The zero-order valence-corrected chi connectivity index (χ0v) is 10.2. The first-order valence-corrected chi connectivity index (χ1v) is 5.33. The van der Waals surface area contributed by atoms with Gasteiger partial charge in [-0.1, -0.05) is 0 Å². The highest BCUT2D eigenvalue weighted by Gasteiger charge is 2.14. The third-order valence-corrected chi connectivity index (χ3v) is 2.81. The molecule has 0 amide bonds. The molecule has 15 heavy (non-hydrogen) atoms. The lowest BCUT2D eigenvalue weighted by Gasteiger charge is -2.06. The maximum absolute atomic E-state index is 11.3. The zero-order valence-electron chi connectivity index (χ0n) is 7.88. The van der Waals surface area contributed by atoms with E-state index in [9.17, 15) is 4.79 Å². The summed E-state index contributed by atoms with van der Waals surface area (Å²) >= 11 is 8.88. The van der Waals surface area contributed by atoms with Crippen LogP contribution in [0.1, 0.15) is 21.5 Å². The molecule has 0 saturated carbocycles. The van der Waals surface area contributed by atoms with Crippen LogP contribution in [0.25, 0.3) is 0 Å². The summed E-state index contributed by atoms with van der Waals surface area (Å²) in [7, 11) is 1.29. The Bertz CT molecular complexity index is 440. The van der Waals surface area contributed by atoms with E-state index in [1.807, 2.05) is 6.07 Å². The van der Waals surface area contributed by atoms with Gasteiger partial charge in [-0.05, 0) is 33.6 Å². The molecule has 1 aromatic carbocycles. The van der Waals surface area contributed by atoms with Crippen molar-refractivity contribution >= 4 is 33.5 Å². The first-order valence-electron chi connectivity index (χ1n) is 4.00. The SMILES string of the molecule is COC(=O)c1cc(C#N)c(CCl)cc1Br. The molecule has 0 unspecified atom stereocenters. The summed E-state index contributed by atoms with van der Waals surface area (Å²) in [5, 5.41) is 8.84. The van der Waals surface area contributed by atoms with Gasteiger partial charge in [0.25, 0.3) is 0 Å². The van der Waals surface area contributed by atoms with Gasteiger partial charge in [-0.25, -0.2) is 4.79 Å². The number of benzene rings is 1. The Morgan fingerprint density at radius 3 is 2.80 bits per heavy atom. The van der Waals surface area contributed by atoms with Crippen LogP contribution in [0, 0.1) is 11.3 Å². The van der Waals surface area contributed by atoms with Crippen molar-refractivity contribution in [1.29, 1.82) is 5.26 Å². The van der Waals surface area contributed by atoms with Crippen LogP contribution >= 0.6 is 27.5 Å². The number of carbonyl (C=O) groups is 1. The number of nitrogens with zero attached hydrogens (tertiary/aromatic N) is 1. The van der Waals surface area contributed by atoms with Crippen molar-refractivity contribution in [2.24, 2.45) is 0 Å². The highest BCUT2D eigenvalue weighted by atomic mass is 79.9. The van der Waals surface area contributed by atoms with Crippen LogP contribution in [-0.2, 0) is 10.6 Å². The second kappa shape index (κ2) is 5.15. The van der Waals surface area contributed by atoms with Crippen molar-refractivity contribution in [3.05, 3.63) is 33.3 Å². The number of carbonyl (C=O) groups excluding carboxylic acids is 1. The molecule has 0 aromatic heterocycles. The van der Waals surface area contributed by atoms with Gasteiger partial charge >= 0.3 is 5.97 Å². The fraction of sp³-hybridized carbons (Fsp3) is 0.200. The number of hydrogen-bond donors (Lipinski definition) is 0. The van der Waals surface area contributed by atoms with Crippen molar-refractivity contribution in [3.63, 3.8) is 0 Å². The minimum atomic E-state index is -0.487. The Morgan fingerprint density at radius 1 is 1.67 bits per heavy atom. The van der Waals surface area contributed by atoms with Crippen molar-refractivity contribution in [3.8, 4) is 6.07 Å². The van der Waals surface area contributed by atoms with E-state index >= 15 is 0 Å². The zero-order chi connectivity index (χ0) is 11.4. The number of rotatable bonds is 2. The number of methoxy groups -OCH3 is 1. The molecule has 1 rings (SSSR count). The van der Waals surface area contributed by atoms with Gasteiger partial charge in [-0.15, -0.1) is 11.6 Å². The minimum Gasteiger partial charge on any atom is -0.465 e. The summed E-state index contributed by atoms with van der Waals surface area (Å²) in [5.41, 5.74) is 1.38. The van der Waals surface area contributed by atoms with Crippen LogP contribution in [-0.4, -0.2) is 13.1 Å². The molecule has 0 bridgehead atoms. The molecular formula is C10H7BrClNO2. The van der Waals surface area contributed by atoms with Crippen LogP contribution in [0.2, 0.25) is 0 Å². The van der Waals surface area contributed by atoms with E-state index in [0.717, 1.165) is 0 Å². The maximum Gasteiger partial charge on any atom is 0.339 e. The summed E-state index contributed by atoms with van der Waals surface area (Å²) in [6.07, 6.45) is 0. The third-order valence-electron chi connectivity index (χ3n) is 1.86. The van der Waals surface area contributed by atoms with E-state index in [1.54, 1.807) is 6.07 Å². The maximum atomic E-state index is 11.3. The Balaban J connectivity index is 3.33. The summed E-state index contributed by atoms with van der Waals surface area (Å²) in [6.45, 7) is 0. The van der Waals surface area contributed by atoms with Crippen molar-refractivity contribution < 1.29 is 9.53 Å². The molecule has 5 heteroatoms. The van der Waals surface area contributed by atoms with Crippen molar-refractivity contribution in [2.45, 2.75) is 5.88 Å². The number of nitriles is 1. The number of alkyl halides is 1. The number of hydrogen-bond acceptors (Lipinski definition) is 3. The lowest BCUT2D eigenvalue weighted by molar-refractivity contribution is 0.0599. The topological polar surface area (TPSA) is 50.1 Å². The van der Waals surface area contributed by atoms with Crippen LogP contribution in [0.5, 0.6) is 0 Å². The van der Waals surface area contributed by atoms with Crippen LogP contribution in [0.15, 0.2) is 16.6 Å². The molecule has 1 aromatic rings. The van der Waals surface area contributed by atoms with Crippen LogP contribution < -0.4 is 0 Å². The average molecular weight is 289 g/mol. The molecule has 0 aliphatic rings. The highest BCUT2D eigenvalue weighted by molar-refractivity contribution is 9.10.